The van der Waals surface area contributed by atoms with E-state index in [1.165, 1.54) is 4.57 Å². The van der Waals surface area contributed by atoms with Crippen molar-refractivity contribution in [3.05, 3.63) is 46.7 Å². The number of imidazole rings is 1. The third-order valence-electron chi connectivity index (χ3n) is 3.61. The highest BCUT2D eigenvalue weighted by Gasteiger charge is 2.35. The molecule has 1 aromatic carbocycles. The standard InChI is InChI=1S/C18H22BrF3N2OS/c1-5-13-10-14(19)6-7-15(13)17-23-16(18(20,21)22)11-24(17)12-25-8-9-26(2,3)4/h5-7,10-11H,1,8-9,12H2,2-4H3. The molecule has 26 heavy (non-hydrogen) atoms. The lowest BCUT2D eigenvalue weighted by molar-refractivity contribution is -0.141. The Hall–Kier alpha value is -1.25. The molecule has 0 spiro atoms. The summed E-state index contributed by atoms with van der Waals surface area (Å²) in [7, 11) is -0.723. The van der Waals surface area contributed by atoms with Gasteiger partial charge in [0.25, 0.3) is 0 Å². The molecule has 0 fully saturated rings. The van der Waals surface area contributed by atoms with Crippen molar-refractivity contribution in [1.82, 2.24) is 9.55 Å². The summed E-state index contributed by atoms with van der Waals surface area (Å²) in [6, 6.07) is 5.27. The van der Waals surface area contributed by atoms with Gasteiger partial charge in [-0.1, -0.05) is 28.6 Å². The lowest BCUT2D eigenvalue weighted by Gasteiger charge is -2.24. The molecule has 3 nitrogen and oxygen atoms in total. The van der Waals surface area contributed by atoms with E-state index in [9.17, 15) is 13.2 Å². The molecule has 144 valence electrons. The average molecular weight is 451 g/mol. The maximum absolute atomic E-state index is 13.1. The number of halogens is 4. The van der Waals surface area contributed by atoms with Crippen LogP contribution in [0.5, 0.6) is 0 Å². The van der Waals surface area contributed by atoms with Gasteiger partial charge in [-0.3, -0.25) is 0 Å². The summed E-state index contributed by atoms with van der Waals surface area (Å²) in [5.74, 6) is 1.10. The molecule has 0 bridgehead atoms. The van der Waals surface area contributed by atoms with Crippen molar-refractivity contribution in [2.45, 2.75) is 12.9 Å². The smallest absolute Gasteiger partial charge is 0.360 e. The average Bonchev–Trinajstić information content (AvgIpc) is 2.94. The Kier molecular flexibility index (Phi) is 6.63. The lowest BCUT2D eigenvalue weighted by Crippen LogP contribution is -2.10. The Morgan fingerprint density at radius 1 is 1.31 bits per heavy atom. The summed E-state index contributed by atoms with van der Waals surface area (Å²) in [6.45, 7) is 4.24. The van der Waals surface area contributed by atoms with Crippen molar-refractivity contribution < 1.29 is 17.9 Å². The van der Waals surface area contributed by atoms with Gasteiger partial charge in [-0.15, -0.1) is 0 Å². The Balaban J connectivity index is 2.35. The molecule has 0 atom stereocenters. The van der Waals surface area contributed by atoms with Gasteiger partial charge in [-0.05, 0) is 42.5 Å². The van der Waals surface area contributed by atoms with Crippen LogP contribution in [-0.4, -0.2) is 40.7 Å². The minimum atomic E-state index is -4.51. The quantitative estimate of drug-likeness (QED) is 0.510. The molecule has 2 rings (SSSR count). The number of alkyl halides is 3. The summed E-state index contributed by atoms with van der Waals surface area (Å²) in [5, 5.41) is 0. The number of aromatic nitrogens is 2. The summed E-state index contributed by atoms with van der Waals surface area (Å²) < 4.78 is 47.3. The molecule has 8 heteroatoms. The fraction of sp³-hybridized carbons (Fsp3) is 0.389. The monoisotopic (exact) mass is 450 g/mol. The predicted molar refractivity (Wildman–Crippen MR) is 107 cm³/mol. The molecule has 0 aliphatic heterocycles. The molecule has 0 amide bonds. The van der Waals surface area contributed by atoms with Crippen LogP contribution in [0.2, 0.25) is 0 Å². The van der Waals surface area contributed by atoms with Crippen LogP contribution in [0.1, 0.15) is 11.3 Å². The van der Waals surface area contributed by atoms with Crippen LogP contribution in [0.3, 0.4) is 0 Å². The molecule has 0 saturated heterocycles. The summed E-state index contributed by atoms with van der Waals surface area (Å²) >= 11 is 3.36. The van der Waals surface area contributed by atoms with Gasteiger partial charge >= 0.3 is 6.18 Å². The minimum absolute atomic E-state index is 0.0145. The number of hydrogen-bond donors (Lipinski definition) is 0. The molecule has 0 aliphatic carbocycles. The number of hydrogen-bond acceptors (Lipinski definition) is 2. The normalized spacial score (nSPS) is 13.0. The van der Waals surface area contributed by atoms with Crippen molar-refractivity contribution in [1.29, 1.82) is 0 Å². The van der Waals surface area contributed by atoms with Gasteiger partial charge in [0.2, 0.25) is 0 Å². The van der Waals surface area contributed by atoms with Gasteiger partial charge in [0.1, 0.15) is 12.6 Å². The zero-order valence-corrected chi connectivity index (χ0v) is 17.3. The maximum atomic E-state index is 13.1. The van der Waals surface area contributed by atoms with E-state index in [1.54, 1.807) is 24.3 Å². The molecule has 2 aromatic rings. The minimum Gasteiger partial charge on any atom is -0.360 e. The second kappa shape index (κ2) is 8.19. The number of rotatable bonds is 7. The first-order valence-electron chi connectivity index (χ1n) is 7.82. The zero-order chi connectivity index (χ0) is 19.5. The second-order valence-corrected chi connectivity index (χ2v) is 12.2. The van der Waals surface area contributed by atoms with Crippen LogP contribution in [0.4, 0.5) is 13.2 Å². The van der Waals surface area contributed by atoms with Crippen molar-refractivity contribution >= 4 is 32.0 Å². The highest BCUT2D eigenvalue weighted by atomic mass is 79.9. The predicted octanol–water partition coefficient (Wildman–Crippen LogP) is 5.64. The van der Waals surface area contributed by atoms with Gasteiger partial charge in [-0.2, -0.15) is 13.2 Å². The third kappa shape index (κ3) is 5.62. The highest BCUT2D eigenvalue weighted by Crippen LogP contribution is 2.35. The third-order valence-corrected chi connectivity index (χ3v) is 5.50. The lowest BCUT2D eigenvalue weighted by atomic mass is 10.1. The first-order valence-corrected chi connectivity index (χ1v) is 11.6. The number of benzene rings is 1. The van der Waals surface area contributed by atoms with Crippen molar-refractivity contribution in [2.24, 2.45) is 0 Å². The van der Waals surface area contributed by atoms with E-state index in [-0.39, 0.29) is 12.6 Å². The Bertz CT molecular complexity index is 782. The topological polar surface area (TPSA) is 27.1 Å². The molecule has 0 saturated carbocycles. The fourth-order valence-corrected chi connectivity index (χ4v) is 3.24. The zero-order valence-electron chi connectivity index (χ0n) is 14.9. The van der Waals surface area contributed by atoms with Crippen LogP contribution in [0.25, 0.3) is 17.5 Å². The number of ether oxygens (including phenoxy) is 1. The van der Waals surface area contributed by atoms with Gasteiger partial charge in [-0.25, -0.2) is 15.0 Å². The van der Waals surface area contributed by atoms with Crippen LogP contribution in [0.15, 0.2) is 35.4 Å². The van der Waals surface area contributed by atoms with E-state index in [0.29, 0.717) is 17.7 Å². The second-order valence-electron chi connectivity index (χ2n) is 6.69. The Morgan fingerprint density at radius 2 is 2.00 bits per heavy atom. The van der Waals surface area contributed by atoms with E-state index in [1.807, 2.05) is 0 Å². The molecule has 1 heterocycles. The molecular formula is C18H22BrF3N2OS. The van der Waals surface area contributed by atoms with E-state index in [4.69, 9.17) is 4.74 Å². The van der Waals surface area contributed by atoms with E-state index in [2.05, 4.69) is 46.3 Å². The van der Waals surface area contributed by atoms with E-state index >= 15 is 0 Å². The largest absolute Gasteiger partial charge is 0.434 e. The van der Waals surface area contributed by atoms with Crippen LogP contribution in [0, 0.1) is 0 Å². The van der Waals surface area contributed by atoms with Gasteiger partial charge in [0, 0.05) is 22.0 Å². The fourth-order valence-electron chi connectivity index (χ4n) is 2.24. The van der Waals surface area contributed by atoms with Gasteiger partial charge in [0.15, 0.2) is 5.69 Å². The van der Waals surface area contributed by atoms with E-state index < -0.39 is 21.9 Å². The molecular weight excluding hydrogens is 429 g/mol. The van der Waals surface area contributed by atoms with Crippen molar-refractivity contribution in [3.63, 3.8) is 0 Å². The van der Waals surface area contributed by atoms with Gasteiger partial charge < -0.3 is 9.30 Å². The summed E-state index contributed by atoms with van der Waals surface area (Å²) in [6.07, 6.45) is 4.57. The van der Waals surface area contributed by atoms with Crippen LogP contribution in [-0.2, 0) is 17.6 Å². The summed E-state index contributed by atoms with van der Waals surface area (Å²) in [4.78, 5) is 3.82. The van der Waals surface area contributed by atoms with Crippen molar-refractivity contribution in [2.75, 3.05) is 31.1 Å². The summed E-state index contributed by atoms with van der Waals surface area (Å²) in [5.41, 5.74) is 0.332. The van der Waals surface area contributed by atoms with Crippen molar-refractivity contribution in [3.8, 4) is 11.4 Å². The SMILES string of the molecule is C=Cc1cc(Br)ccc1-c1nc(C(F)(F)F)cn1COCCS(C)(C)C. The molecule has 1 aromatic heterocycles. The van der Waals surface area contributed by atoms with E-state index in [0.717, 1.165) is 16.4 Å². The van der Waals surface area contributed by atoms with Crippen LogP contribution < -0.4 is 0 Å². The Labute approximate surface area is 161 Å². The molecule has 0 N–H and O–H groups in total. The van der Waals surface area contributed by atoms with Crippen LogP contribution >= 0.6 is 26.0 Å². The van der Waals surface area contributed by atoms with Gasteiger partial charge in [0.05, 0.1) is 6.61 Å². The Morgan fingerprint density at radius 3 is 2.58 bits per heavy atom. The molecule has 0 radical (unpaired) electrons. The maximum Gasteiger partial charge on any atom is 0.434 e. The molecule has 0 aliphatic rings. The first-order chi connectivity index (χ1) is 12.0. The number of nitrogens with zero attached hydrogens (tertiary/aromatic N) is 2. The first kappa shape index (κ1) is 21.1. The molecule has 0 unspecified atom stereocenters. The highest BCUT2D eigenvalue weighted by molar-refractivity contribution is 9.10.